The summed E-state index contributed by atoms with van der Waals surface area (Å²) in [4.78, 5) is 12.2. The van der Waals surface area contributed by atoms with Crippen LogP contribution in [0.15, 0.2) is 18.2 Å². The van der Waals surface area contributed by atoms with E-state index >= 15 is 0 Å². The highest BCUT2D eigenvalue weighted by Crippen LogP contribution is 2.20. The van der Waals surface area contributed by atoms with Crippen LogP contribution in [0.25, 0.3) is 0 Å². The predicted octanol–water partition coefficient (Wildman–Crippen LogP) is 3.24. The van der Waals surface area contributed by atoms with Crippen LogP contribution in [0.5, 0.6) is 0 Å². The molecule has 3 nitrogen and oxygen atoms in total. The van der Waals surface area contributed by atoms with Crippen LogP contribution in [0.1, 0.15) is 43.6 Å². The summed E-state index contributed by atoms with van der Waals surface area (Å²) in [7, 11) is 0. The summed E-state index contributed by atoms with van der Waals surface area (Å²) in [6.07, 6.45) is 0. The van der Waals surface area contributed by atoms with Gasteiger partial charge in [0.15, 0.2) is 0 Å². The number of benzene rings is 1. The third kappa shape index (κ3) is 3.98. The molecule has 19 heavy (non-hydrogen) atoms. The minimum absolute atomic E-state index is 0.0764. The van der Waals surface area contributed by atoms with Crippen molar-refractivity contribution >= 4 is 11.6 Å². The van der Waals surface area contributed by atoms with Gasteiger partial charge in [-0.15, -0.1) is 0 Å². The Labute approximate surface area is 116 Å². The van der Waals surface area contributed by atoms with Crippen LogP contribution in [0.2, 0.25) is 0 Å². The van der Waals surface area contributed by atoms with Crippen LogP contribution < -0.4 is 11.1 Å². The first-order valence-electron chi connectivity index (χ1n) is 6.97. The molecule has 1 aromatic carbocycles. The van der Waals surface area contributed by atoms with Crippen molar-refractivity contribution in [1.82, 2.24) is 5.32 Å². The Kier molecular flexibility index (Phi) is 5.40. The van der Waals surface area contributed by atoms with Gasteiger partial charge in [-0.1, -0.05) is 39.8 Å². The molecule has 0 heterocycles. The summed E-state index contributed by atoms with van der Waals surface area (Å²) in [5.41, 5.74) is 8.04. The minimum Gasteiger partial charge on any atom is -0.398 e. The molecule has 0 atom stereocenters. The quantitative estimate of drug-likeness (QED) is 0.800. The fraction of sp³-hybridized carbons (Fsp3) is 0.562. The van der Waals surface area contributed by atoms with Gasteiger partial charge in [-0.25, -0.2) is 0 Å². The number of para-hydroxylation sites is 1. The van der Waals surface area contributed by atoms with Gasteiger partial charge in [-0.05, 0) is 36.3 Å². The summed E-state index contributed by atoms with van der Waals surface area (Å²) in [6, 6.07) is 5.55. The normalized spacial score (nSPS) is 11.4. The monoisotopic (exact) mass is 262 g/mol. The molecule has 0 bridgehead atoms. The first-order chi connectivity index (χ1) is 8.84. The van der Waals surface area contributed by atoms with Gasteiger partial charge in [-0.3, -0.25) is 4.79 Å². The molecule has 1 amide bonds. The lowest BCUT2D eigenvalue weighted by atomic mass is 9.85. The predicted molar refractivity (Wildman–Crippen MR) is 81.1 cm³/mol. The molecule has 0 unspecified atom stereocenters. The second kappa shape index (κ2) is 6.60. The Morgan fingerprint density at radius 3 is 2.32 bits per heavy atom. The van der Waals surface area contributed by atoms with E-state index in [9.17, 15) is 4.79 Å². The average Bonchev–Trinajstić information content (AvgIpc) is 2.31. The van der Waals surface area contributed by atoms with Crippen molar-refractivity contribution in [2.24, 2.45) is 17.8 Å². The number of nitrogen functional groups attached to an aromatic ring is 1. The molecule has 0 saturated heterocycles. The summed E-state index contributed by atoms with van der Waals surface area (Å²) < 4.78 is 0. The molecule has 0 spiro atoms. The van der Waals surface area contributed by atoms with E-state index in [2.05, 4.69) is 33.0 Å². The Balaban J connectivity index is 2.72. The molecule has 0 saturated carbocycles. The van der Waals surface area contributed by atoms with E-state index in [0.717, 1.165) is 5.56 Å². The smallest absolute Gasteiger partial charge is 0.253 e. The third-order valence-corrected chi connectivity index (χ3v) is 3.78. The van der Waals surface area contributed by atoms with Gasteiger partial charge in [-0.2, -0.15) is 0 Å². The summed E-state index contributed by atoms with van der Waals surface area (Å²) in [5.74, 6) is 1.51. The SMILES string of the molecule is Cc1cccc(C(=O)NCC(C(C)C)C(C)C)c1N. The second-order valence-electron chi connectivity index (χ2n) is 5.90. The maximum Gasteiger partial charge on any atom is 0.253 e. The molecule has 0 aliphatic heterocycles. The number of nitrogens with two attached hydrogens (primary N) is 1. The van der Waals surface area contributed by atoms with Gasteiger partial charge in [0, 0.05) is 12.2 Å². The molecule has 1 aromatic rings. The van der Waals surface area contributed by atoms with Crippen molar-refractivity contribution in [3.05, 3.63) is 29.3 Å². The van der Waals surface area contributed by atoms with Gasteiger partial charge >= 0.3 is 0 Å². The first kappa shape index (κ1) is 15.5. The Morgan fingerprint density at radius 1 is 1.21 bits per heavy atom. The topological polar surface area (TPSA) is 55.1 Å². The van der Waals surface area contributed by atoms with Crippen LogP contribution in [0.3, 0.4) is 0 Å². The molecule has 3 heteroatoms. The molecule has 0 aliphatic rings. The molecule has 0 aliphatic carbocycles. The molecule has 0 radical (unpaired) electrons. The van der Waals surface area contributed by atoms with E-state index in [4.69, 9.17) is 5.73 Å². The Hall–Kier alpha value is -1.51. The zero-order chi connectivity index (χ0) is 14.6. The van der Waals surface area contributed by atoms with E-state index in [1.54, 1.807) is 6.07 Å². The fourth-order valence-electron chi connectivity index (χ4n) is 2.43. The number of carbonyl (C=O) groups excluding carboxylic acids is 1. The molecule has 1 rings (SSSR count). The van der Waals surface area contributed by atoms with E-state index in [1.165, 1.54) is 0 Å². The largest absolute Gasteiger partial charge is 0.398 e. The van der Waals surface area contributed by atoms with Gasteiger partial charge in [0.25, 0.3) is 5.91 Å². The maximum absolute atomic E-state index is 12.2. The number of amides is 1. The average molecular weight is 262 g/mol. The summed E-state index contributed by atoms with van der Waals surface area (Å²) in [6.45, 7) is 11.4. The lowest BCUT2D eigenvalue weighted by molar-refractivity contribution is 0.0938. The lowest BCUT2D eigenvalue weighted by Gasteiger charge is -2.25. The van der Waals surface area contributed by atoms with Crippen LogP contribution in [0.4, 0.5) is 5.69 Å². The molecule has 0 aromatic heterocycles. The van der Waals surface area contributed by atoms with E-state index in [-0.39, 0.29) is 5.91 Å². The van der Waals surface area contributed by atoms with Crippen molar-refractivity contribution in [2.45, 2.75) is 34.6 Å². The van der Waals surface area contributed by atoms with Crippen molar-refractivity contribution in [1.29, 1.82) is 0 Å². The molecule has 0 fully saturated rings. The van der Waals surface area contributed by atoms with Crippen LogP contribution in [-0.4, -0.2) is 12.5 Å². The van der Waals surface area contributed by atoms with Crippen LogP contribution in [-0.2, 0) is 0 Å². The Morgan fingerprint density at radius 2 is 1.79 bits per heavy atom. The highest BCUT2D eigenvalue weighted by Gasteiger charge is 2.19. The van der Waals surface area contributed by atoms with Crippen molar-refractivity contribution in [3.63, 3.8) is 0 Å². The number of carbonyl (C=O) groups is 1. The number of aryl methyl sites for hydroxylation is 1. The molecular weight excluding hydrogens is 236 g/mol. The zero-order valence-electron chi connectivity index (χ0n) is 12.7. The maximum atomic E-state index is 12.2. The van der Waals surface area contributed by atoms with Gasteiger partial charge < -0.3 is 11.1 Å². The number of rotatable bonds is 5. The van der Waals surface area contributed by atoms with Crippen molar-refractivity contribution in [2.75, 3.05) is 12.3 Å². The second-order valence-corrected chi connectivity index (χ2v) is 5.90. The number of anilines is 1. The Bertz CT molecular complexity index is 430. The van der Waals surface area contributed by atoms with Gasteiger partial charge in [0.1, 0.15) is 0 Å². The fourth-order valence-corrected chi connectivity index (χ4v) is 2.43. The molecule has 106 valence electrons. The van der Waals surface area contributed by atoms with E-state index in [0.29, 0.717) is 35.5 Å². The zero-order valence-corrected chi connectivity index (χ0v) is 12.7. The van der Waals surface area contributed by atoms with Gasteiger partial charge in [0.05, 0.1) is 5.56 Å². The van der Waals surface area contributed by atoms with Crippen molar-refractivity contribution < 1.29 is 4.79 Å². The third-order valence-electron chi connectivity index (χ3n) is 3.78. The minimum atomic E-state index is -0.0764. The number of hydrogen-bond donors (Lipinski definition) is 2. The molecular formula is C16H26N2O. The number of hydrogen-bond acceptors (Lipinski definition) is 2. The number of nitrogens with one attached hydrogen (secondary N) is 1. The summed E-state index contributed by atoms with van der Waals surface area (Å²) >= 11 is 0. The van der Waals surface area contributed by atoms with E-state index < -0.39 is 0 Å². The highest BCUT2D eigenvalue weighted by atomic mass is 16.1. The van der Waals surface area contributed by atoms with Crippen LogP contribution >= 0.6 is 0 Å². The van der Waals surface area contributed by atoms with E-state index in [1.807, 2.05) is 19.1 Å². The lowest BCUT2D eigenvalue weighted by Crippen LogP contribution is -2.34. The van der Waals surface area contributed by atoms with Crippen LogP contribution in [0, 0.1) is 24.7 Å². The highest BCUT2D eigenvalue weighted by molar-refractivity contribution is 5.99. The molecule has 3 N–H and O–H groups in total. The standard InChI is InChI=1S/C16H26N2O/c1-10(2)14(11(3)4)9-18-16(19)13-8-6-7-12(5)15(13)17/h6-8,10-11,14H,9,17H2,1-5H3,(H,18,19). The van der Waals surface area contributed by atoms with Crippen molar-refractivity contribution in [3.8, 4) is 0 Å². The summed E-state index contributed by atoms with van der Waals surface area (Å²) in [5, 5.41) is 3.01. The van der Waals surface area contributed by atoms with Gasteiger partial charge in [0.2, 0.25) is 0 Å². The first-order valence-corrected chi connectivity index (χ1v) is 6.97.